The van der Waals surface area contributed by atoms with Crippen LogP contribution in [0.25, 0.3) is 0 Å². The first-order valence-corrected chi connectivity index (χ1v) is 8.15. The molecule has 0 aliphatic rings. The van der Waals surface area contributed by atoms with E-state index in [2.05, 4.69) is 15.9 Å². The normalized spacial score (nSPS) is 16.6. The van der Waals surface area contributed by atoms with Crippen molar-refractivity contribution in [3.63, 3.8) is 0 Å². The predicted octanol–water partition coefficient (Wildman–Crippen LogP) is 7.95. The Hall–Kier alpha value is -0.710. The molecule has 0 aromatic carbocycles. The highest BCUT2D eigenvalue weighted by Gasteiger charge is 2.95. The highest BCUT2D eigenvalue weighted by molar-refractivity contribution is 9.10. The van der Waals surface area contributed by atoms with E-state index in [0.29, 0.717) is 0 Å². The largest absolute Gasteiger partial charge is 0.460 e. The first-order valence-electron chi connectivity index (χ1n) is 7.36. The van der Waals surface area contributed by atoms with Crippen LogP contribution in [-0.4, -0.2) is 52.0 Å². The number of alkyl halides is 18. The van der Waals surface area contributed by atoms with Gasteiger partial charge in [-0.25, -0.2) is 0 Å². The van der Waals surface area contributed by atoms with Crippen LogP contribution in [-0.2, 0) is 0 Å². The molecule has 18 heteroatoms. The van der Waals surface area contributed by atoms with Crippen molar-refractivity contribution >= 4 is 15.9 Å². The molecule has 0 aromatic rings. The third-order valence-electron chi connectivity index (χ3n) is 3.82. The monoisotopic (exact) mass is 568 g/mol. The molecule has 0 heterocycles. The van der Waals surface area contributed by atoms with Crippen molar-refractivity contribution < 1.29 is 74.6 Å². The fourth-order valence-corrected chi connectivity index (χ4v) is 2.01. The van der Waals surface area contributed by atoms with Crippen LogP contribution in [0.1, 0.15) is 26.7 Å². The van der Waals surface area contributed by atoms with Crippen molar-refractivity contribution in [2.24, 2.45) is 0 Å². The minimum Gasteiger partial charge on any atom is -0.200 e. The van der Waals surface area contributed by atoms with Crippen LogP contribution in [0.3, 0.4) is 0 Å². The number of hydrogen-bond donors (Lipinski definition) is 0. The molecule has 0 atom stereocenters. The summed E-state index contributed by atoms with van der Waals surface area (Å²) in [6.07, 6.45) is -11.4. The van der Waals surface area contributed by atoms with Crippen LogP contribution in [0, 0.1) is 0 Å². The molecular formula is C13H10BrF17. The fraction of sp³-hybridized carbons (Fsp3) is 1.00. The van der Waals surface area contributed by atoms with E-state index < -0.39 is 64.8 Å². The van der Waals surface area contributed by atoms with Crippen molar-refractivity contribution in [1.82, 2.24) is 0 Å². The second-order valence-corrected chi connectivity index (χ2v) is 9.01. The van der Waals surface area contributed by atoms with E-state index in [1.54, 1.807) is 0 Å². The third-order valence-corrected chi connectivity index (χ3v) is 4.22. The van der Waals surface area contributed by atoms with Crippen molar-refractivity contribution in [2.75, 3.05) is 0 Å². The van der Waals surface area contributed by atoms with Crippen molar-refractivity contribution in [3.8, 4) is 0 Å². The quantitative estimate of drug-likeness (QED) is 0.196. The molecule has 0 nitrogen and oxygen atoms in total. The van der Waals surface area contributed by atoms with E-state index in [0.717, 1.165) is 13.8 Å². The summed E-state index contributed by atoms with van der Waals surface area (Å²) in [5.41, 5.74) is 0. The van der Waals surface area contributed by atoms with E-state index in [9.17, 15) is 74.6 Å². The summed E-state index contributed by atoms with van der Waals surface area (Å²) in [7, 11) is 0. The van der Waals surface area contributed by atoms with Crippen LogP contribution in [0.5, 0.6) is 0 Å². The van der Waals surface area contributed by atoms with Gasteiger partial charge in [0, 0.05) is 10.7 Å². The molecule has 0 unspecified atom stereocenters. The highest BCUT2D eigenvalue weighted by atomic mass is 79.9. The van der Waals surface area contributed by atoms with Gasteiger partial charge in [0.25, 0.3) is 0 Å². The van der Waals surface area contributed by atoms with Crippen LogP contribution >= 0.6 is 15.9 Å². The maximum Gasteiger partial charge on any atom is 0.460 e. The van der Waals surface area contributed by atoms with Gasteiger partial charge in [-0.05, 0) is 6.42 Å². The molecule has 0 amide bonds. The van der Waals surface area contributed by atoms with E-state index in [-0.39, 0.29) is 0 Å². The van der Waals surface area contributed by atoms with Gasteiger partial charge in [0.15, 0.2) is 0 Å². The van der Waals surface area contributed by atoms with Crippen molar-refractivity contribution in [1.29, 1.82) is 0 Å². The zero-order valence-corrected chi connectivity index (χ0v) is 16.3. The molecule has 0 fully saturated rings. The average molecular weight is 569 g/mol. The first-order chi connectivity index (χ1) is 13.0. The Morgan fingerprint density at radius 1 is 0.419 bits per heavy atom. The summed E-state index contributed by atoms with van der Waals surface area (Å²) >= 11 is 2.56. The lowest BCUT2D eigenvalue weighted by Crippen LogP contribution is -2.74. The van der Waals surface area contributed by atoms with Gasteiger partial charge in [0.2, 0.25) is 0 Å². The maximum atomic E-state index is 13.5. The Bertz CT molecular complexity index is 639. The molecule has 31 heavy (non-hydrogen) atoms. The molecule has 0 rings (SSSR count). The molecule has 0 bridgehead atoms. The molecule has 0 aliphatic heterocycles. The van der Waals surface area contributed by atoms with Crippen molar-refractivity contribution in [2.45, 2.75) is 78.6 Å². The summed E-state index contributed by atoms with van der Waals surface area (Å²) in [6, 6.07) is 0. The highest BCUT2D eigenvalue weighted by Crippen LogP contribution is 2.64. The van der Waals surface area contributed by atoms with Gasteiger partial charge in [0.1, 0.15) is 0 Å². The second kappa shape index (κ2) is 7.67. The van der Waals surface area contributed by atoms with E-state index in [4.69, 9.17) is 0 Å². The summed E-state index contributed by atoms with van der Waals surface area (Å²) in [5, 5.41) is 0. The van der Waals surface area contributed by atoms with Gasteiger partial charge < -0.3 is 0 Å². The summed E-state index contributed by atoms with van der Waals surface area (Å²) in [6.45, 7) is 1.95. The van der Waals surface area contributed by atoms with Crippen LogP contribution in [0.2, 0.25) is 0 Å². The lowest BCUT2D eigenvalue weighted by molar-refractivity contribution is -0.461. The Balaban J connectivity index is 6.56. The Kier molecular flexibility index (Phi) is 7.49. The molecule has 0 radical (unpaired) electrons. The summed E-state index contributed by atoms with van der Waals surface area (Å²) in [5.74, 6) is -55.9. The third kappa shape index (κ3) is 4.54. The van der Waals surface area contributed by atoms with Crippen molar-refractivity contribution in [3.05, 3.63) is 0 Å². The average Bonchev–Trinajstić information content (AvgIpc) is 2.50. The van der Waals surface area contributed by atoms with E-state index in [1.807, 2.05) is 0 Å². The lowest BCUT2D eigenvalue weighted by Gasteiger charge is -2.43. The molecule has 0 aliphatic carbocycles. The number of rotatable bonds is 9. The smallest absolute Gasteiger partial charge is 0.200 e. The topological polar surface area (TPSA) is 0 Å². The summed E-state index contributed by atoms with van der Waals surface area (Å²) in [4.78, 5) is 0. The number of halogens is 18. The second-order valence-electron chi connectivity index (χ2n) is 6.87. The molecule has 0 aromatic heterocycles. The van der Waals surface area contributed by atoms with Gasteiger partial charge in [-0.3, -0.25) is 0 Å². The van der Waals surface area contributed by atoms with Crippen LogP contribution in [0.4, 0.5) is 74.6 Å². The SMILES string of the molecule is CC(C)(Br)CCC(F)(F)C(F)(F)C(F)(F)C(F)(F)C(F)(F)C(F)(F)C(F)(F)C(F)(F)F. The molecule has 0 spiro atoms. The minimum atomic E-state index is -8.59. The Morgan fingerprint density at radius 2 is 0.677 bits per heavy atom. The zero-order valence-electron chi connectivity index (χ0n) is 14.7. The molecule has 0 saturated heterocycles. The summed E-state index contributed by atoms with van der Waals surface area (Å²) < 4.78 is 220. The van der Waals surface area contributed by atoms with E-state index in [1.165, 1.54) is 0 Å². The molecule has 0 N–H and O–H groups in total. The molecule has 188 valence electrons. The molecule has 0 saturated carbocycles. The van der Waals surface area contributed by atoms with Crippen LogP contribution < -0.4 is 0 Å². The minimum absolute atomic E-state index is 0.974. The lowest BCUT2D eigenvalue weighted by atomic mass is 9.87. The van der Waals surface area contributed by atoms with Gasteiger partial charge >= 0.3 is 47.6 Å². The Labute approximate surface area is 170 Å². The molecular weight excluding hydrogens is 559 g/mol. The first kappa shape index (κ1) is 30.3. The fourth-order valence-electron chi connectivity index (χ4n) is 1.81. The van der Waals surface area contributed by atoms with Gasteiger partial charge in [-0.2, -0.15) is 74.6 Å². The Morgan fingerprint density at radius 3 is 0.935 bits per heavy atom. The van der Waals surface area contributed by atoms with Gasteiger partial charge in [-0.15, -0.1) is 0 Å². The number of hydrogen-bond acceptors (Lipinski definition) is 0. The van der Waals surface area contributed by atoms with Gasteiger partial charge in [0.05, 0.1) is 0 Å². The standard InChI is InChI=1S/C13H10BrF17/c1-5(2,14)3-4-6(15,16)7(17,18)8(19,20)9(21,22)10(23,24)11(25,26)12(27,28)13(29,30)31/h3-4H2,1-2H3. The van der Waals surface area contributed by atoms with Gasteiger partial charge in [-0.1, -0.05) is 29.8 Å². The van der Waals surface area contributed by atoms with Crippen LogP contribution in [0.15, 0.2) is 0 Å². The zero-order chi connectivity index (χ0) is 25.9. The van der Waals surface area contributed by atoms with E-state index >= 15 is 0 Å². The maximum absolute atomic E-state index is 13.5. The predicted molar refractivity (Wildman–Crippen MR) is 72.9 cm³/mol.